The van der Waals surface area contributed by atoms with Crippen molar-refractivity contribution in [1.29, 1.82) is 0 Å². The molecule has 1 N–H and O–H groups in total. The number of rotatable bonds is 6. The number of carbonyl (C=O) groups is 1. The molecule has 1 aromatic heterocycles. The summed E-state index contributed by atoms with van der Waals surface area (Å²) in [6.45, 7) is 4.14. The monoisotopic (exact) mass is 351 g/mol. The Morgan fingerprint density at radius 2 is 1.81 bits per heavy atom. The lowest BCUT2D eigenvalue weighted by atomic mass is 10.1. The lowest BCUT2D eigenvalue weighted by Gasteiger charge is -2.09. The zero-order valence-electron chi connectivity index (χ0n) is 15.0. The van der Waals surface area contributed by atoms with E-state index >= 15 is 0 Å². The number of nitrogens with one attached hydrogen (secondary N) is 1. The van der Waals surface area contributed by atoms with Gasteiger partial charge in [-0.2, -0.15) is 0 Å². The SMILES string of the molecule is COc1ccccc1OCc1ccc(C(=O)Nc2cc(C)ccc2C)o1. The van der Waals surface area contributed by atoms with Crippen molar-refractivity contribution < 1.29 is 18.7 Å². The first-order chi connectivity index (χ1) is 12.6. The van der Waals surface area contributed by atoms with E-state index in [1.54, 1.807) is 19.2 Å². The third-order valence-corrected chi connectivity index (χ3v) is 3.97. The van der Waals surface area contributed by atoms with Gasteiger partial charge in [-0.25, -0.2) is 0 Å². The summed E-state index contributed by atoms with van der Waals surface area (Å²) in [5.74, 6) is 1.77. The number of methoxy groups -OCH3 is 1. The Kier molecular flexibility index (Phi) is 5.27. The van der Waals surface area contributed by atoms with Crippen molar-refractivity contribution in [2.24, 2.45) is 0 Å². The lowest BCUT2D eigenvalue weighted by Crippen LogP contribution is -2.12. The molecule has 0 aliphatic carbocycles. The maximum Gasteiger partial charge on any atom is 0.291 e. The number of amides is 1. The second-order valence-corrected chi connectivity index (χ2v) is 5.98. The molecule has 0 saturated heterocycles. The van der Waals surface area contributed by atoms with Crippen molar-refractivity contribution >= 4 is 11.6 Å². The first-order valence-electron chi connectivity index (χ1n) is 8.30. The van der Waals surface area contributed by atoms with Crippen LogP contribution in [0, 0.1) is 13.8 Å². The molecule has 0 fully saturated rings. The number of para-hydroxylation sites is 2. The summed E-state index contributed by atoms with van der Waals surface area (Å²) in [4.78, 5) is 12.4. The number of furan rings is 1. The molecule has 5 heteroatoms. The number of hydrogen-bond donors (Lipinski definition) is 1. The van der Waals surface area contributed by atoms with Crippen molar-refractivity contribution in [3.8, 4) is 11.5 Å². The fourth-order valence-electron chi connectivity index (χ4n) is 2.52. The second-order valence-electron chi connectivity index (χ2n) is 5.98. The second kappa shape index (κ2) is 7.78. The van der Waals surface area contributed by atoms with E-state index in [1.807, 2.05) is 56.3 Å². The Balaban J connectivity index is 1.65. The molecule has 0 bridgehead atoms. The molecule has 1 heterocycles. The van der Waals surface area contributed by atoms with E-state index in [2.05, 4.69) is 5.32 Å². The van der Waals surface area contributed by atoms with Crippen LogP contribution >= 0.6 is 0 Å². The van der Waals surface area contributed by atoms with Crippen LogP contribution in [0.3, 0.4) is 0 Å². The standard InChI is InChI=1S/C21H21NO4/c1-14-8-9-15(2)17(12-14)22-21(23)20-11-10-16(26-20)13-25-19-7-5-4-6-18(19)24-3/h4-12H,13H2,1-3H3,(H,22,23). The zero-order valence-corrected chi connectivity index (χ0v) is 15.0. The Bertz CT molecular complexity index is 914. The summed E-state index contributed by atoms with van der Waals surface area (Å²) < 4.78 is 16.6. The van der Waals surface area contributed by atoms with Crippen LogP contribution < -0.4 is 14.8 Å². The summed E-state index contributed by atoms with van der Waals surface area (Å²) in [7, 11) is 1.59. The maximum absolute atomic E-state index is 12.4. The van der Waals surface area contributed by atoms with Gasteiger partial charge < -0.3 is 19.2 Å². The van der Waals surface area contributed by atoms with Gasteiger partial charge in [-0.15, -0.1) is 0 Å². The molecule has 0 saturated carbocycles. The number of carbonyl (C=O) groups excluding carboxylic acids is 1. The lowest BCUT2D eigenvalue weighted by molar-refractivity contribution is 0.0992. The van der Waals surface area contributed by atoms with Crippen LogP contribution in [0.5, 0.6) is 11.5 Å². The Hall–Kier alpha value is -3.21. The quantitative estimate of drug-likeness (QED) is 0.697. The number of aryl methyl sites for hydroxylation is 2. The summed E-state index contributed by atoms with van der Waals surface area (Å²) in [6, 6.07) is 16.6. The molecule has 134 valence electrons. The first kappa shape index (κ1) is 17.6. The molecular weight excluding hydrogens is 330 g/mol. The number of anilines is 1. The van der Waals surface area contributed by atoms with Gasteiger partial charge in [-0.05, 0) is 55.3 Å². The highest BCUT2D eigenvalue weighted by molar-refractivity contribution is 6.02. The van der Waals surface area contributed by atoms with Crippen molar-refractivity contribution in [3.63, 3.8) is 0 Å². The van der Waals surface area contributed by atoms with E-state index in [0.29, 0.717) is 17.3 Å². The highest BCUT2D eigenvalue weighted by Crippen LogP contribution is 2.27. The third kappa shape index (κ3) is 4.06. The summed E-state index contributed by atoms with van der Waals surface area (Å²) in [5, 5.41) is 2.88. The average Bonchev–Trinajstić information content (AvgIpc) is 3.12. The highest BCUT2D eigenvalue weighted by Gasteiger charge is 2.13. The molecular formula is C21H21NO4. The van der Waals surface area contributed by atoms with Crippen LogP contribution in [-0.4, -0.2) is 13.0 Å². The van der Waals surface area contributed by atoms with Gasteiger partial charge in [0.15, 0.2) is 17.3 Å². The van der Waals surface area contributed by atoms with Crippen molar-refractivity contribution in [3.05, 3.63) is 77.2 Å². The predicted molar refractivity (Wildman–Crippen MR) is 99.9 cm³/mol. The van der Waals surface area contributed by atoms with E-state index in [9.17, 15) is 4.79 Å². The molecule has 5 nitrogen and oxygen atoms in total. The third-order valence-electron chi connectivity index (χ3n) is 3.97. The number of ether oxygens (including phenoxy) is 2. The molecule has 0 aliphatic heterocycles. The smallest absolute Gasteiger partial charge is 0.291 e. The molecule has 0 radical (unpaired) electrons. The number of benzene rings is 2. The minimum absolute atomic E-state index is 0.205. The van der Waals surface area contributed by atoms with Crippen molar-refractivity contribution in [2.75, 3.05) is 12.4 Å². The fourth-order valence-corrected chi connectivity index (χ4v) is 2.52. The first-order valence-corrected chi connectivity index (χ1v) is 8.30. The van der Waals surface area contributed by atoms with Gasteiger partial charge in [0, 0.05) is 5.69 Å². The highest BCUT2D eigenvalue weighted by atomic mass is 16.5. The minimum atomic E-state index is -0.290. The maximum atomic E-state index is 12.4. The molecule has 26 heavy (non-hydrogen) atoms. The largest absolute Gasteiger partial charge is 0.493 e. The zero-order chi connectivity index (χ0) is 18.5. The fraction of sp³-hybridized carbons (Fsp3) is 0.190. The summed E-state index contributed by atoms with van der Waals surface area (Å²) in [6.07, 6.45) is 0. The van der Waals surface area contributed by atoms with Gasteiger partial charge >= 0.3 is 0 Å². The molecule has 1 amide bonds. The molecule has 0 unspecified atom stereocenters. The molecule has 0 atom stereocenters. The Morgan fingerprint density at radius 1 is 1.04 bits per heavy atom. The van der Waals surface area contributed by atoms with Gasteiger partial charge in [-0.1, -0.05) is 24.3 Å². The van der Waals surface area contributed by atoms with Crippen molar-refractivity contribution in [2.45, 2.75) is 20.5 Å². The van der Waals surface area contributed by atoms with Crippen LogP contribution in [0.15, 0.2) is 59.0 Å². The van der Waals surface area contributed by atoms with E-state index in [0.717, 1.165) is 16.8 Å². The summed E-state index contributed by atoms with van der Waals surface area (Å²) in [5.41, 5.74) is 2.85. The van der Waals surface area contributed by atoms with Crippen LogP contribution in [-0.2, 0) is 6.61 Å². The predicted octanol–water partition coefficient (Wildman–Crippen LogP) is 4.74. The Morgan fingerprint density at radius 3 is 2.58 bits per heavy atom. The van der Waals surface area contributed by atoms with Crippen LogP contribution in [0.1, 0.15) is 27.4 Å². The average molecular weight is 351 g/mol. The van der Waals surface area contributed by atoms with Gasteiger partial charge in [0.2, 0.25) is 0 Å². The van der Waals surface area contributed by atoms with Gasteiger partial charge in [0.05, 0.1) is 7.11 Å². The van der Waals surface area contributed by atoms with E-state index in [4.69, 9.17) is 13.9 Å². The van der Waals surface area contributed by atoms with Crippen LogP contribution in [0.4, 0.5) is 5.69 Å². The molecule has 0 spiro atoms. The summed E-state index contributed by atoms with van der Waals surface area (Å²) >= 11 is 0. The van der Waals surface area contributed by atoms with Gasteiger partial charge in [0.1, 0.15) is 12.4 Å². The molecule has 3 aromatic rings. The van der Waals surface area contributed by atoms with Gasteiger partial charge in [0.25, 0.3) is 5.91 Å². The van der Waals surface area contributed by atoms with Crippen molar-refractivity contribution in [1.82, 2.24) is 0 Å². The van der Waals surface area contributed by atoms with E-state index < -0.39 is 0 Å². The molecule has 2 aromatic carbocycles. The normalized spacial score (nSPS) is 10.4. The topological polar surface area (TPSA) is 60.7 Å². The van der Waals surface area contributed by atoms with E-state index in [1.165, 1.54) is 0 Å². The van der Waals surface area contributed by atoms with E-state index in [-0.39, 0.29) is 18.3 Å². The molecule has 3 rings (SSSR count). The van der Waals surface area contributed by atoms with Gasteiger partial charge in [-0.3, -0.25) is 4.79 Å². The minimum Gasteiger partial charge on any atom is -0.493 e. The number of hydrogen-bond acceptors (Lipinski definition) is 4. The Labute approximate surface area is 152 Å². The van der Waals surface area contributed by atoms with Crippen LogP contribution in [0.2, 0.25) is 0 Å². The molecule has 0 aliphatic rings. The van der Waals surface area contributed by atoms with Crippen LogP contribution in [0.25, 0.3) is 0 Å².